The maximum atomic E-state index is 13.8. The summed E-state index contributed by atoms with van der Waals surface area (Å²) in [5, 5.41) is 3.72. The molecule has 0 radical (unpaired) electrons. The van der Waals surface area contributed by atoms with Crippen LogP contribution in [0.1, 0.15) is 37.3 Å². The third kappa shape index (κ3) is 8.54. The lowest BCUT2D eigenvalue weighted by Gasteiger charge is -2.32. The summed E-state index contributed by atoms with van der Waals surface area (Å²) in [6.45, 7) is 2.60. The van der Waals surface area contributed by atoms with Crippen LogP contribution in [0.15, 0.2) is 83.8 Å². The smallest absolute Gasteiger partial charge is 0.243 e. The standard InChI is InChI=1S/C30H35Cl2N3O4S/c1-3-19-33-30(37)28(21-23-12-6-4-7-13-23)35(22-25-26(31)16-10-17-27(25)32)29(36)18-11-20-34(2)40(38,39)24-14-8-5-9-15-24/h4-10,12-17,28H,3,11,18-22H2,1-2H3,(H,33,37)/t28-/m0/s1. The molecule has 7 nitrogen and oxygen atoms in total. The number of sulfonamides is 1. The van der Waals surface area contributed by atoms with Crippen LogP contribution in [0.3, 0.4) is 0 Å². The van der Waals surface area contributed by atoms with Gasteiger partial charge in [0.15, 0.2) is 0 Å². The first-order valence-electron chi connectivity index (χ1n) is 13.2. The average molecular weight is 605 g/mol. The van der Waals surface area contributed by atoms with Gasteiger partial charge in [0, 0.05) is 55.1 Å². The maximum Gasteiger partial charge on any atom is 0.243 e. The van der Waals surface area contributed by atoms with E-state index in [1.807, 2.05) is 37.3 Å². The molecule has 0 aliphatic heterocycles. The zero-order valence-electron chi connectivity index (χ0n) is 22.7. The zero-order chi connectivity index (χ0) is 29.1. The quantitative estimate of drug-likeness (QED) is 0.261. The number of hydrogen-bond donors (Lipinski definition) is 1. The molecule has 3 aromatic rings. The molecule has 1 N–H and O–H groups in total. The molecular formula is C30H35Cl2N3O4S. The number of halogens is 2. The van der Waals surface area contributed by atoms with Gasteiger partial charge < -0.3 is 10.2 Å². The van der Waals surface area contributed by atoms with Crippen molar-refractivity contribution in [3.05, 3.63) is 100 Å². The normalized spacial score (nSPS) is 12.2. The molecule has 0 saturated carbocycles. The van der Waals surface area contributed by atoms with E-state index in [9.17, 15) is 18.0 Å². The minimum Gasteiger partial charge on any atom is -0.354 e. The van der Waals surface area contributed by atoms with E-state index in [0.29, 0.717) is 28.6 Å². The van der Waals surface area contributed by atoms with Crippen molar-refractivity contribution >= 4 is 45.0 Å². The zero-order valence-corrected chi connectivity index (χ0v) is 25.1. The molecule has 0 unspecified atom stereocenters. The highest BCUT2D eigenvalue weighted by molar-refractivity contribution is 7.89. The summed E-state index contributed by atoms with van der Waals surface area (Å²) in [6, 6.07) is 21.9. The van der Waals surface area contributed by atoms with Crippen LogP contribution >= 0.6 is 23.2 Å². The Morgan fingerprint density at radius 1 is 0.900 bits per heavy atom. The monoisotopic (exact) mass is 603 g/mol. The second-order valence-corrected chi connectivity index (χ2v) is 12.3. The van der Waals surface area contributed by atoms with E-state index in [0.717, 1.165) is 12.0 Å². The van der Waals surface area contributed by atoms with E-state index in [1.165, 1.54) is 28.4 Å². The highest BCUT2D eigenvalue weighted by Gasteiger charge is 2.31. The first-order chi connectivity index (χ1) is 19.1. The van der Waals surface area contributed by atoms with Crippen molar-refractivity contribution in [1.29, 1.82) is 0 Å². The van der Waals surface area contributed by atoms with Gasteiger partial charge in [0.2, 0.25) is 21.8 Å². The Morgan fingerprint density at radius 3 is 2.10 bits per heavy atom. The van der Waals surface area contributed by atoms with Crippen molar-refractivity contribution in [2.45, 2.75) is 50.1 Å². The first kappa shape index (κ1) is 31.6. The number of amides is 2. The van der Waals surface area contributed by atoms with Gasteiger partial charge in [0.25, 0.3) is 0 Å². The van der Waals surface area contributed by atoms with Gasteiger partial charge in [-0.15, -0.1) is 0 Å². The van der Waals surface area contributed by atoms with Crippen LogP contribution in [-0.2, 0) is 32.6 Å². The largest absolute Gasteiger partial charge is 0.354 e. The van der Waals surface area contributed by atoms with Crippen molar-refractivity contribution in [2.24, 2.45) is 0 Å². The van der Waals surface area contributed by atoms with Gasteiger partial charge >= 0.3 is 0 Å². The predicted molar refractivity (Wildman–Crippen MR) is 160 cm³/mol. The molecule has 3 aromatic carbocycles. The second kappa shape index (κ2) is 15.2. The Bertz CT molecular complexity index is 1350. The lowest BCUT2D eigenvalue weighted by atomic mass is 10.0. The molecule has 0 fully saturated rings. The summed E-state index contributed by atoms with van der Waals surface area (Å²) in [4.78, 5) is 28.9. The molecule has 214 valence electrons. The van der Waals surface area contributed by atoms with Crippen LogP contribution in [0.5, 0.6) is 0 Å². The highest BCUT2D eigenvalue weighted by atomic mass is 35.5. The van der Waals surface area contributed by atoms with Crippen molar-refractivity contribution in [3.8, 4) is 0 Å². The molecule has 0 heterocycles. The summed E-state index contributed by atoms with van der Waals surface area (Å²) in [5.41, 5.74) is 1.44. The van der Waals surface area contributed by atoms with Gasteiger partial charge in [0.1, 0.15) is 6.04 Å². The molecule has 0 bridgehead atoms. The van der Waals surface area contributed by atoms with Gasteiger partial charge in [-0.2, -0.15) is 0 Å². The first-order valence-corrected chi connectivity index (χ1v) is 15.4. The number of carbonyl (C=O) groups excluding carboxylic acids is 2. The predicted octanol–water partition coefficient (Wildman–Crippen LogP) is 5.56. The van der Waals surface area contributed by atoms with Crippen molar-refractivity contribution in [3.63, 3.8) is 0 Å². The van der Waals surface area contributed by atoms with Gasteiger partial charge in [0.05, 0.1) is 4.90 Å². The Labute approximate surface area is 247 Å². The lowest BCUT2D eigenvalue weighted by Crippen LogP contribution is -2.50. The molecule has 0 aliphatic rings. The van der Waals surface area contributed by atoms with Crippen LogP contribution < -0.4 is 5.32 Å². The molecule has 0 aliphatic carbocycles. The highest BCUT2D eigenvalue weighted by Crippen LogP contribution is 2.28. The summed E-state index contributed by atoms with van der Waals surface area (Å²) in [6.07, 6.45) is 1.34. The van der Waals surface area contributed by atoms with Crippen LogP contribution in [-0.4, -0.2) is 55.6 Å². The number of rotatable bonds is 14. The fourth-order valence-corrected chi connectivity index (χ4v) is 6.01. The minimum atomic E-state index is -3.69. The summed E-state index contributed by atoms with van der Waals surface area (Å²) in [5.74, 6) is -0.569. The minimum absolute atomic E-state index is 0.0308. The van der Waals surface area contributed by atoms with Crippen LogP contribution in [0.25, 0.3) is 0 Å². The van der Waals surface area contributed by atoms with Crippen LogP contribution in [0.2, 0.25) is 10.0 Å². The molecule has 1 atom stereocenters. The summed E-state index contributed by atoms with van der Waals surface area (Å²) >= 11 is 12.9. The van der Waals surface area contributed by atoms with Crippen LogP contribution in [0, 0.1) is 0 Å². The number of carbonyl (C=O) groups is 2. The van der Waals surface area contributed by atoms with E-state index >= 15 is 0 Å². The molecule has 10 heteroatoms. The van der Waals surface area contributed by atoms with Gasteiger partial charge in [-0.1, -0.05) is 84.7 Å². The van der Waals surface area contributed by atoms with Gasteiger partial charge in [-0.25, -0.2) is 12.7 Å². The molecular weight excluding hydrogens is 569 g/mol. The van der Waals surface area contributed by atoms with E-state index in [2.05, 4.69) is 5.32 Å². The van der Waals surface area contributed by atoms with Gasteiger partial charge in [-0.05, 0) is 42.7 Å². The fraction of sp³-hybridized carbons (Fsp3) is 0.333. The van der Waals surface area contributed by atoms with E-state index in [1.54, 1.807) is 36.4 Å². The third-order valence-electron chi connectivity index (χ3n) is 6.53. The summed E-state index contributed by atoms with van der Waals surface area (Å²) in [7, 11) is -2.20. The van der Waals surface area contributed by atoms with E-state index in [-0.39, 0.29) is 42.6 Å². The van der Waals surface area contributed by atoms with Crippen LogP contribution in [0.4, 0.5) is 0 Å². The van der Waals surface area contributed by atoms with Crippen molar-refractivity contribution in [1.82, 2.24) is 14.5 Å². The molecule has 0 saturated heterocycles. The Morgan fingerprint density at radius 2 is 1.50 bits per heavy atom. The average Bonchev–Trinajstić information content (AvgIpc) is 2.95. The molecule has 0 spiro atoms. The number of nitrogens with one attached hydrogen (secondary N) is 1. The maximum absolute atomic E-state index is 13.8. The van der Waals surface area contributed by atoms with Gasteiger partial charge in [-0.3, -0.25) is 9.59 Å². The Balaban J connectivity index is 1.85. The lowest BCUT2D eigenvalue weighted by molar-refractivity contribution is -0.141. The Hall–Kier alpha value is -2.91. The van der Waals surface area contributed by atoms with Crippen molar-refractivity contribution < 1.29 is 18.0 Å². The molecule has 40 heavy (non-hydrogen) atoms. The molecule has 3 rings (SSSR count). The molecule has 0 aromatic heterocycles. The third-order valence-corrected chi connectivity index (χ3v) is 9.10. The van der Waals surface area contributed by atoms with Crippen molar-refractivity contribution in [2.75, 3.05) is 20.1 Å². The van der Waals surface area contributed by atoms with E-state index in [4.69, 9.17) is 23.2 Å². The number of benzene rings is 3. The second-order valence-electron chi connectivity index (χ2n) is 9.46. The summed E-state index contributed by atoms with van der Waals surface area (Å²) < 4.78 is 27.1. The topological polar surface area (TPSA) is 86.8 Å². The number of hydrogen-bond acceptors (Lipinski definition) is 4. The number of nitrogens with zero attached hydrogens (tertiary/aromatic N) is 2. The van der Waals surface area contributed by atoms with E-state index < -0.39 is 16.1 Å². The fourth-order valence-electron chi connectivity index (χ4n) is 4.26. The Kier molecular flexibility index (Phi) is 12.0. The molecule has 2 amide bonds. The SMILES string of the molecule is CCCNC(=O)[C@H](Cc1ccccc1)N(Cc1c(Cl)cccc1Cl)C(=O)CCCN(C)S(=O)(=O)c1ccccc1.